The van der Waals surface area contributed by atoms with E-state index < -0.39 is 0 Å². The van der Waals surface area contributed by atoms with Gasteiger partial charge in [0.15, 0.2) is 5.96 Å². The van der Waals surface area contributed by atoms with Crippen molar-refractivity contribution in [3.63, 3.8) is 0 Å². The molecule has 0 bridgehead atoms. The Balaban J connectivity index is 1.59. The van der Waals surface area contributed by atoms with E-state index in [0.29, 0.717) is 19.3 Å². The van der Waals surface area contributed by atoms with Gasteiger partial charge in [0.1, 0.15) is 0 Å². The van der Waals surface area contributed by atoms with Crippen molar-refractivity contribution in [2.24, 2.45) is 4.99 Å². The Hall–Kier alpha value is -2.37. The lowest BCUT2D eigenvalue weighted by molar-refractivity contribution is -0.0390. The summed E-state index contributed by atoms with van der Waals surface area (Å²) in [4.78, 5) is 4.81. The summed E-state index contributed by atoms with van der Waals surface area (Å²) in [5, 5.41) is 6.89. The average molecular weight is 410 g/mol. The summed E-state index contributed by atoms with van der Waals surface area (Å²) in [6.45, 7) is 10.1. The van der Waals surface area contributed by atoms with Gasteiger partial charge in [0, 0.05) is 19.8 Å². The molecule has 3 rings (SSSR count). The molecule has 2 N–H and O–H groups in total. The smallest absolute Gasteiger partial charge is 0.192 e. The van der Waals surface area contributed by atoms with Crippen LogP contribution in [0.4, 0.5) is 0 Å². The van der Waals surface area contributed by atoms with Gasteiger partial charge in [0.2, 0.25) is 0 Å². The highest BCUT2D eigenvalue weighted by Gasteiger charge is 2.14. The molecule has 0 spiro atoms. The SMILES string of the molecule is CCNC(=NCc1cccc(COC2CCOCC2)c1)NC(C)c1ccccc1C. The molecule has 1 saturated heterocycles. The number of nitrogens with zero attached hydrogens (tertiary/aromatic N) is 1. The lowest BCUT2D eigenvalue weighted by Gasteiger charge is -2.22. The molecule has 5 nitrogen and oxygen atoms in total. The molecule has 30 heavy (non-hydrogen) atoms. The molecule has 1 heterocycles. The van der Waals surface area contributed by atoms with Crippen LogP contribution >= 0.6 is 0 Å². The maximum Gasteiger partial charge on any atom is 0.192 e. The second-order valence-corrected chi connectivity index (χ2v) is 7.86. The second kappa shape index (κ2) is 11.7. The first-order valence-electron chi connectivity index (χ1n) is 11.0. The topological polar surface area (TPSA) is 54.9 Å². The molecule has 162 valence electrons. The first kappa shape index (κ1) is 22.3. The zero-order valence-electron chi connectivity index (χ0n) is 18.5. The number of guanidine groups is 1. The number of rotatable bonds is 8. The Morgan fingerprint density at radius 1 is 1.13 bits per heavy atom. The molecule has 1 aliphatic heterocycles. The number of hydrogen-bond donors (Lipinski definition) is 2. The lowest BCUT2D eigenvalue weighted by Crippen LogP contribution is -2.38. The minimum Gasteiger partial charge on any atom is -0.381 e. The highest BCUT2D eigenvalue weighted by molar-refractivity contribution is 5.80. The largest absolute Gasteiger partial charge is 0.381 e. The van der Waals surface area contributed by atoms with Crippen molar-refractivity contribution < 1.29 is 9.47 Å². The molecular formula is C25H35N3O2. The fourth-order valence-electron chi connectivity index (χ4n) is 3.72. The third-order valence-corrected chi connectivity index (χ3v) is 5.42. The van der Waals surface area contributed by atoms with Gasteiger partial charge >= 0.3 is 0 Å². The van der Waals surface area contributed by atoms with E-state index in [-0.39, 0.29) is 6.04 Å². The monoisotopic (exact) mass is 409 g/mol. The molecular weight excluding hydrogens is 374 g/mol. The first-order chi connectivity index (χ1) is 14.7. The van der Waals surface area contributed by atoms with Crippen LogP contribution in [0.1, 0.15) is 55.0 Å². The minimum atomic E-state index is 0.184. The average Bonchev–Trinajstić information content (AvgIpc) is 2.77. The summed E-state index contributed by atoms with van der Waals surface area (Å²) >= 11 is 0. The Morgan fingerprint density at radius 2 is 1.90 bits per heavy atom. The predicted molar refractivity (Wildman–Crippen MR) is 123 cm³/mol. The summed E-state index contributed by atoms with van der Waals surface area (Å²) in [6.07, 6.45) is 2.29. The van der Waals surface area contributed by atoms with E-state index in [1.54, 1.807) is 0 Å². The Kier molecular flexibility index (Phi) is 8.72. The fourth-order valence-corrected chi connectivity index (χ4v) is 3.72. The van der Waals surface area contributed by atoms with Crippen molar-refractivity contribution in [3.8, 4) is 0 Å². The number of nitrogens with one attached hydrogen (secondary N) is 2. The van der Waals surface area contributed by atoms with E-state index in [0.717, 1.165) is 38.6 Å². The summed E-state index contributed by atoms with van der Waals surface area (Å²) < 4.78 is 11.5. The molecule has 1 atom stereocenters. The molecule has 5 heteroatoms. The van der Waals surface area contributed by atoms with Crippen LogP contribution in [0, 0.1) is 6.92 Å². The number of aliphatic imine (C=N–C) groups is 1. The van der Waals surface area contributed by atoms with Gasteiger partial charge in [-0.15, -0.1) is 0 Å². The van der Waals surface area contributed by atoms with Crippen LogP contribution in [-0.2, 0) is 22.6 Å². The Bertz CT molecular complexity index is 816. The van der Waals surface area contributed by atoms with Crippen LogP contribution in [0.2, 0.25) is 0 Å². The van der Waals surface area contributed by atoms with E-state index >= 15 is 0 Å². The van der Waals surface area contributed by atoms with Crippen molar-refractivity contribution in [1.29, 1.82) is 0 Å². The van der Waals surface area contributed by atoms with Gasteiger partial charge in [0.25, 0.3) is 0 Å². The van der Waals surface area contributed by atoms with Crippen molar-refractivity contribution >= 4 is 5.96 Å². The molecule has 2 aromatic carbocycles. The highest BCUT2D eigenvalue weighted by Crippen LogP contribution is 2.17. The molecule has 0 amide bonds. The number of benzene rings is 2. The predicted octanol–water partition coefficient (Wildman–Crippen LogP) is 4.51. The van der Waals surface area contributed by atoms with E-state index in [1.807, 2.05) is 0 Å². The second-order valence-electron chi connectivity index (χ2n) is 7.86. The molecule has 1 aliphatic rings. The zero-order chi connectivity index (χ0) is 21.2. The molecule has 0 radical (unpaired) electrons. The fraction of sp³-hybridized carbons (Fsp3) is 0.480. The molecule has 0 aliphatic carbocycles. The Morgan fingerprint density at radius 3 is 2.67 bits per heavy atom. The normalized spacial score (nSPS) is 16.3. The van der Waals surface area contributed by atoms with Crippen molar-refractivity contribution in [2.75, 3.05) is 19.8 Å². The van der Waals surface area contributed by atoms with Gasteiger partial charge < -0.3 is 20.1 Å². The van der Waals surface area contributed by atoms with Crippen LogP contribution in [0.3, 0.4) is 0 Å². The summed E-state index contributed by atoms with van der Waals surface area (Å²) in [5.74, 6) is 0.831. The maximum atomic E-state index is 6.06. The van der Waals surface area contributed by atoms with Gasteiger partial charge in [-0.1, -0.05) is 48.5 Å². The molecule has 0 aromatic heterocycles. The zero-order valence-corrected chi connectivity index (χ0v) is 18.5. The Labute approximate surface area is 180 Å². The third-order valence-electron chi connectivity index (χ3n) is 5.42. The van der Waals surface area contributed by atoms with Gasteiger partial charge in [-0.05, 0) is 55.9 Å². The lowest BCUT2D eigenvalue weighted by atomic mass is 10.0. The van der Waals surface area contributed by atoms with Crippen molar-refractivity contribution in [3.05, 3.63) is 70.8 Å². The molecule has 1 unspecified atom stereocenters. The number of ether oxygens (including phenoxy) is 2. The summed E-state index contributed by atoms with van der Waals surface area (Å²) in [6, 6.07) is 17.2. The van der Waals surface area contributed by atoms with Crippen LogP contribution in [0.5, 0.6) is 0 Å². The van der Waals surface area contributed by atoms with E-state index in [2.05, 4.69) is 79.9 Å². The highest BCUT2D eigenvalue weighted by atomic mass is 16.5. The van der Waals surface area contributed by atoms with E-state index in [4.69, 9.17) is 14.5 Å². The number of hydrogen-bond acceptors (Lipinski definition) is 3. The number of aryl methyl sites for hydroxylation is 1. The molecule has 0 saturated carbocycles. The summed E-state index contributed by atoms with van der Waals surface area (Å²) in [5.41, 5.74) is 4.95. The van der Waals surface area contributed by atoms with Gasteiger partial charge in [0.05, 0.1) is 25.3 Å². The molecule has 1 fully saturated rings. The van der Waals surface area contributed by atoms with Gasteiger partial charge in [-0.2, -0.15) is 0 Å². The van der Waals surface area contributed by atoms with Gasteiger partial charge in [-0.3, -0.25) is 0 Å². The standard InChI is InChI=1S/C25H35N3O2/c1-4-26-25(28-20(3)24-11-6-5-8-19(24)2)27-17-21-9-7-10-22(16-21)18-30-23-12-14-29-15-13-23/h5-11,16,20,23H,4,12-15,17-18H2,1-3H3,(H2,26,27,28). The quantitative estimate of drug-likeness (QED) is 0.498. The summed E-state index contributed by atoms with van der Waals surface area (Å²) in [7, 11) is 0. The van der Waals surface area contributed by atoms with Crippen LogP contribution in [0.25, 0.3) is 0 Å². The van der Waals surface area contributed by atoms with E-state index in [1.165, 1.54) is 22.3 Å². The molecule has 2 aromatic rings. The van der Waals surface area contributed by atoms with Crippen LogP contribution < -0.4 is 10.6 Å². The van der Waals surface area contributed by atoms with E-state index in [9.17, 15) is 0 Å². The van der Waals surface area contributed by atoms with Crippen LogP contribution in [0.15, 0.2) is 53.5 Å². The van der Waals surface area contributed by atoms with Gasteiger partial charge in [-0.25, -0.2) is 4.99 Å². The van der Waals surface area contributed by atoms with Crippen molar-refractivity contribution in [2.45, 2.75) is 58.9 Å². The van der Waals surface area contributed by atoms with Crippen LogP contribution in [-0.4, -0.2) is 31.8 Å². The van der Waals surface area contributed by atoms with Crippen molar-refractivity contribution in [1.82, 2.24) is 10.6 Å². The third kappa shape index (κ3) is 6.85. The maximum absolute atomic E-state index is 6.06. The first-order valence-corrected chi connectivity index (χ1v) is 11.0. The minimum absolute atomic E-state index is 0.184.